The van der Waals surface area contributed by atoms with Crippen LogP contribution in [0.25, 0.3) is 5.69 Å². The van der Waals surface area contributed by atoms with E-state index in [9.17, 15) is 0 Å². The van der Waals surface area contributed by atoms with Crippen molar-refractivity contribution in [2.45, 2.75) is 37.1 Å². The fraction of sp³-hybridized carbons (Fsp3) is 0.500. The number of aromatic nitrogens is 3. The standard InChI is InChI=1S/C16H22N4O2S/c1-21-13-7-5-12(6-8-13)20-15(10-17)18-19-16(20)23-11-14-4-2-3-9-22-14/h5-8,14H,2-4,9-11,17H2,1H3. The third-order valence-corrected chi connectivity index (χ3v) is 4.95. The topological polar surface area (TPSA) is 75.2 Å². The van der Waals surface area contributed by atoms with Crippen LogP contribution in [-0.2, 0) is 11.3 Å². The molecule has 1 saturated heterocycles. The number of ether oxygens (including phenoxy) is 2. The van der Waals surface area contributed by atoms with Gasteiger partial charge in [0.1, 0.15) is 5.75 Å². The molecule has 0 bridgehead atoms. The van der Waals surface area contributed by atoms with Crippen molar-refractivity contribution in [3.8, 4) is 11.4 Å². The van der Waals surface area contributed by atoms with Gasteiger partial charge in [0.2, 0.25) is 0 Å². The molecule has 1 aromatic carbocycles. The normalized spacial score (nSPS) is 18.1. The highest BCUT2D eigenvalue weighted by Gasteiger charge is 2.18. The average molecular weight is 334 g/mol. The number of methoxy groups -OCH3 is 1. The molecule has 1 aliphatic rings. The Morgan fingerprint density at radius 1 is 1.30 bits per heavy atom. The molecule has 1 fully saturated rings. The second kappa shape index (κ2) is 7.81. The molecule has 0 radical (unpaired) electrons. The predicted octanol–water partition coefficient (Wildman–Crippen LogP) is 2.40. The van der Waals surface area contributed by atoms with E-state index in [2.05, 4.69) is 10.2 Å². The third kappa shape index (κ3) is 3.85. The van der Waals surface area contributed by atoms with Gasteiger partial charge in [0.05, 0.1) is 19.8 Å². The maximum absolute atomic E-state index is 5.81. The van der Waals surface area contributed by atoms with Gasteiger partial charge in [-0.15, -0.1) is 10.2 Å². The summed E-state index contributed by atoms with van der Waals surface area (Å²) in [5.74, 6) is 2.46. The van der Waals surface area contributed by atoms with E-state index >= 15 is 0 Å². The summed E-state index contributed by atoms with van der Waals surface area (Å²) >= 11 is 1.67. The average Bonchev–Trinajstić information content (AvgIpc) is 3.04. The highest BCUT2D eigenvalue weighted by atomic mass is 32.2. The molecule has 1 aliphatic heterocycles. The largest absolute Gasteiger partial charge is 0.497 e. The Hall–Kier alpha value is -1.57. The number of nitrogens with two attached hydrogens (primary N) is 1. The first-order valence-electron chi connectivity index (χ1n) is 7.85. The van der Waals surface area contributed by atoms with Crippen LogP contribution in [-0.4, -0.2) is 40.3 Å². The van der Waals surface area contributed by atoms with Gasteiger partial charge < -0.3 is 15.2 Å². The minimum Gasteiger partial charge on any atom is -0.497 e. The lowest BCUT2D eigenvalue weighted by Crippen LogP contribution is -2.21. The summed E-state index contributed by atoms with van der Waals surface area (Å²) in [6.07, 6.45) is 3.83. The summed E-state index contributed by atoms with van der Waals surface area (Å²) in [7, 11) is 1.66. The number of benzene rings is 1. The highest BCUT2D eigenvalue weighted by Crippen LogP contribution is 2.26. The molecule has 0 aliphatic carbocycles. The van der Waals surface area contributed by atoms with Crippen LogP contribution in [0.5, 0.6) is 5.75 Å². The molecule has 124 valence electrons. The fourth-order valence-electron chi connectivity index (χ4n) is 2.62. The summed E-state index contributed by atoms with van der Waals surface area (Å²) in [6, 6.07) is 7.83. The molecule has 2 aromatic rings. The Morgan fingerprint density at radius 2 is 2.13 bits per heavy atom. The summed E-state index contributed by atoms with van der Waals surface area (Å²) in [5, 5.41) is 9.36. The fourth-order valence-corrected chi connectivity index (χ4v) is 3.66. The number of nitrogens with zero attached hydrogens (tertiary/aromatic N) is 3. The first-order valence-corrected chi connectivity index (χ1v) is 8.83. The molecule has 2 N–H and O–H groups in total. The van der Waals surface area contributed by atoms with Crippen LogP contribution in [0.4, 0.5) is 0 Å². The monoisotopic (exact) mass is 334 g/mol. The molecule has 2 heterocycles. The lowest BCUT2D eigenvalue weighted by Gasteiger charge is -2.22. The van der Waals surface area contributed by atoms with E-state index in [4.69, 9.17) is 15.2 Å². The van der Waals surface area contributed by atoms with Crippen molar-refractivity contribution < 1.29 is 9.47 Å². The zero-order valence-corrected chi connectivity index (χ0v) is 14.1. The Balaban J connectivity index is 1.78. The second-order valence-electron chi connectivity index (χ2n) is 5.44. The highest BCUT2D eigenvalue weighted by molar-refractivity contribution is 7.99. The Kier molecular flexibility index (Phi) is 5.53. The Bertz CT molecular complexity index is 624. The van der Waals surface area contributed by atoms with Crippen molar-refractivity contribution in [2.24, 2.45) is 5.73 Å². The summed E-state index contributed by atoms with van der Waals surface area (Å²) < 4.78 is 13.0. The van der Waals surface area contributed by atoms with E-state index in [0.29, 0.717) is 12.6 Å². The van der Waals surface area contributed by atoms with Crippen molar-refractivity contribution in [1.29, 1.82) is 0 Å². The minimum absolute atomic E-state index is 0.302. The summed E-state index contributed by atoms with van der Waals surface area (Å²) in [5.41, 5.74) is 6.80. The predicted molar refractivity (Wildman–Crippen MR) is 90.1 cm³/mol. The zero-order chi connectivity index (χ0) is 16.1. The van der Waals surface area contributed by atoms with E-state index in [1.165, 1.54) is 12.8 Å². The molecular formula is C16H22N4O2S. The third-order valence-electron chi connectivity index (χ3n) is 3.89. The van der Waals surface area contributed by atoms with E-state index < -0.39 is 0 Å². The molecule has 3 rings (SSSR count). The van der Waals surface area contributed by atoms with Crippen LogP contribution in [0.2, 0.25) is 0 Å². The van der Waals surface area contributed by atoms with Gasteiger partial charge >= 0.3 is 0 Å². The van der Waals surface area contributed by atoms with Crippen LogP contribution in [0.3, 0.4) is 0 Å². The zero-order valence-electron chi connectivity index (χ0n) is 13.3. The van der Waals surface area contributed by atoms with Crippen molar-refractivity contribution >= 4 is 11.8 Å². The number of hydrogen-bond donors (Lipinski definition) is 1. The van der Waals surface area contributed by atoms with E-state index in [0.717, 1.165) is 41.2 Å². The maximum atomic E-state index is 5.81. The van der Waals surface area contributed by atoms with Crippen LogP contribution in [0.15, 0.2) is 29.4 Å². The number of rotatable bonds is 6. The molecule has 1 atom stereocenters. The van der Waals surface area contributed by atoms with Crippen LogP contribution in [0, 0.1) is 0 Å². The molecule has 23 heavy (non-hydrogen) atoms. The Morgan fingerprint density at radius 3 is 2.78 bits per heavy atom. The van der Waals surface area contributed by atoms with Crippen molar-refractivity contribution in [3.05, 3.63) is 30.1 Å². The second-order valence-corrected chi connectivity index (χ2v) is 6.42. The van der Waals surface area contributed by atoms with Gasteiger partial charge in [-0.25, -0.2) is 0 Å². The molecule has 1 aromatic heterocycles. The van der Waals surface area contributed by atoms with Gasteiger partial charge in [0, 0.05) is 18.0 Å². The summed E-state index contributed by atoms with van der Waals surface area (Å²) in [4.78, 5) is 0. The van der Waals surface area contributed by atoms with Gasteiger partial charge in [0.15, 0.2) is 11.0 Å². The SMILES string of the molecule is COc1ccc(-n2c(CN)nnc2SCC2CCCCO2)cc1. The lowest BCUT2D eigenvalue weighted by molar-refractivity contribution is 0.0315. The molecule has 7 heteroatoms. The van der Waals surface area contributed by atoms with Gasteiger partial charge in [-0.2, -0.15) is 0 Å². The maximum Gasteiger partial charge on any atom is 0.195 e. The van der Waals surface area contributed by atoms with Crippen molar-refractivity contribution in [3.63, 3.8) is 0 Å². The first kappa shape index (κ1) is 16.3. The molecule has 0 amide bonds. The van der Waals surface area contributed by atoms with E-state index in [1.807, 2.05) is 28.8 Å². The summed E-state index contributed by atoms with van der Waals surface area (Å²) in [6.45, 7) is 1.21. The van der Waals surface area contributed by atoms with Gasteiger partial charge in [-0.05, 0) is 43.5 Å². The molecule has 0 spiro atoms. The Labute approximate surface area is 140 Å². The van der Waals surface area contributed by atoms with Crippen LogP contribution >= 0.6 is 11.8 Å². The quantitative estimate of drug-likeness (QED) is 0.818. The van der Waals surface area contributed by atoms with E-state index in [1.54, 1.807) is 18.9 Å². The first-order chi connectivity index (χ1) is 11.3. The number of thioether (sulfide) groups is 1. The van der Waals surface area contributed by atoms with Crippen LogP contribution in [0.1, 0.15) is 25.1 Å². The smallest absolute Gasteiger partial charge is 0.195 e. The molecule has 0 saturated carbocycles. The molecule has 6 nitrogen and oxygen atoms in total. The lowest BCUT2D eigenvalue weighted by atomic mass is 10.1. The van der Waals surface area contributed by atoms with Crippen molar-refractivity contribution in [2.75, 3.05) is 19.5 Å². The van der Waals surface area contributed by atoms with Gasteiger partial charge in [0.25, 0.3) is 0 Å². The molecular weight excluding hydrogens is 312 g/mol. The van der Waals surface area contributed by atoms with Gasteiger partial charge in [-0.3, -0.25) is 4.57 Å². The van der Waals surface area contributed by atoms with Crippen molar-refractivity contribution in [1.82, 2.24) is 14.8 Å². The minimum atomic E-state index is 0.302. The van der Waals surface area contributed by atoms with Crippen LogP contribution < -0.4 is 10.5 Å². The van der Waals surface area contributed by atoms with E-state index in [-0.39, 0.29) is 0 Å². The van der Waals surface area contributed by atoms with Gasteiger partial charge in [-0.1, -0.05) is 11.8 Å². The molecule has 1 unspecified atom stereocenters. The number of hydrogen-bond acceptors (Lipinski definition) is 6.